The van der Waals surface area contributed by atoms with Crippen LogP contribution in [0.2, 0.25) is 5.02 Å². The van der Waals surface area contributed by atoms with Crippen molar-refractivity contribution < 1.29 is 17.9 Å². The number of halogens is 1. The molecule has 0 heterocycles. The third-order valence-electron chi connectivity index (χ3n) is 2.30. The Balaban J connectivity index is 2.70. The van der Waals surface area contributed by atoms with E-state index in [1.165, 1.54) is 13.2 Å². The molecule has 0 unspecified atom stereocenters. The lowest BCUT2D eigenvalue weighted by Crippen LogP contribution is -2.24. The van der Waals surface area contributed by atoms with Crippen molar-refractivity contribution >= 4 is 33.0 Å². The van der Waals surface area contributed by atoms with Gasteiger partial charge in [-0.15, -0.1) is 0 Å². The van der Waals surface area contributed by atoms with Crippen molar-refractivity contribution in [1.82, 2.24) is 0 Å². The molecule has 7 heteroatoms. The fraction of sp³-hybridized carbons (Fsp3) is 0.417. The Hall–Kier alpha value is -1.27. The Kier molecular flexibility index (Phi) is 5.62. The molecule has 0 bridgehead atoms. The molecule has 5 nitrogen and oxygen atoms in total. The molecule has 0 aromatic heterocycles. The van der Waals surface area contributed by atoms with Crippen LogP contribution in [0.3, 0.4) is 0 Å². The predicted molar refractivity (Wildman–Crippen MR) is 75.6 cm³/mol. The Morgan fingerprint density at radius 1 is 1.42 bits per heavy atom. The molecule has 1 aromatic carbocycles. The van der Waals surface area contributed by atoms with Crippen LogP contribution in [0.1, 0.15) is 13.3 Å². The minimum Gasteiger partial charge on any atom is -0.495 e. The average Bonchev–Trinajstić information content (AvgIpc) is 2.27. The molecule has 0 spiro atoms. The van der Waals surface area contributed by atoms with Gasteiger partial charge in [-0.2, -0.15) is 0 Å². The van der Waals surface area contributed by atoms with Gasteiger partial charge in [0.05, 0.1) is 17.9 Å². The Bertz CT molecular complexity index is 557. The van der Waals surface area contributed by atoms with E-state index >= 15 is 0 Å². The first-order chi connectivity index (χ1) is 8.88. The van der Waals surface area contributed by atoms with Gasteiger partial charge in [-0.1, -0.05) is 18.5 Å². The van der Waals surface area contributed by atoms with E-state index in [1.54, 1.807) is 19.1 Å². The molecule has 106 valence electrons. The zero-order chi connectivity index (χ0) is 14.5. The normalized spacial score (nSPS) is 11.1. The number of hydrogen-bond acceptors (Lipinski definition) is 4. The summed E-state index contributed by atoms with van der Waals surface area (Å²) in [7, 11) is -1.86. The highest BCUT2D eigenvalue weighted by Gasteiger charge is 2.16. The van der Waals surface area contributed by atoms with Crippen LogP contribution < -0.4 is 10.1 Å². The maximum atomic E-state index is 11.6. The molecular weight excluding hydrogens is 290 g/mol. The monoisotopic (exact) mass is 305 g/mol. The minimum absolute atomic E-state index is 0.00376. The molecule has 1 rings (SSSR count). The number of carbonyl (C=O) groups is 1. The maximum Gasteiger partial charge on any atom is 0.239 e. The van der Waals surface area contributed by atoms with Crippen LogP contribution in [0.15, 0.2) is 18.2 Å². The second-order valence-electron chi connectivity index (χ2n) is 3.99. The highest BCUT2D eigenvalue weighted by atomic mass is 35.5. The second-order valence-corrected chi connectivity index (χ2v) is 6.58. The summed E-state index contributed by atoms with van der Waals surface area (Å²) in [5.74, 6) is -0.609. The third-order valence-corrected chi connectivity index (χ3v) is 4.33. The maximum absolute atomic E-state index is 11.6. The quantitative estimate of drug-likeness (QED) is 0.873. The first-order valence-electron chi connectivity index (χ1n) is 5.71. The molecule has 0 aliphatic heterocycles. The van der Waals surface area contributed by atoms with Gasteiger partial charge in [-0.25, -0.2) is 8.42 Å². The molecule has 0 saturated carbocycles. The number of amides is 1. The van der Waals surface area contributed by atoms with Crippen molar-refractivity contribution in [3.05, 3.63) is 23.2 Å². The first-order valence-corrected chi connectivity index (χ1v) is 7.91. The van der Waals surface area contributed by atoms with Gasteiger partial charge in [-0.05, 0) is 24.6 Å². The standard InChI is InChI=1S/C12H16ClNO4S/c1-3-6-19(16,17)8-12(15)14-9-4-5-11(18-2)10(13)7-9/h4-5,7H,3,6,8H2,1-2H3,(H,14,15). The molecule has 0 atom stereocenters. The summed E-state index contributed by atoms with van der Waals surface area (Å²) in [6.45, 7) is 1.75. The van der Waals surface area contributed by atoms with Crippen LogP contribution in [0.25, 0.3) is 0 Å². The van der Waals surface area contributed by atoms with Gasteiger partial charge in [0.15, 0.2) is 9.84 Å². The lowest BCUT2D eigenvalue weighted by molar-refractivity contribution is -0.113. The van der Waals surface area contributed by atoms with E-state index in [9.17, 15) is 13.2 Å². The van der Waals surface area contributed by atoms with Crippen LogP contribution in [-0.4, -0.2) is 32.9 Å². The number of anilines is 1. The molecule has 0 fully saturated rings. The summed E-state index contributed by atoms with van der Waals surface area (Å²) in [6, 6.07) is 4.69. The number of hydrogen-bond donors (Lipinski definition) is 1. The summed E-state index contributed by atoms with van der Waals surface area (Å²) in [6.07, 6.45) is 0.490. The number of sulfone groups is 1. The minimum atomic E-state index is -3.34. The van der Waals surface area contributed by atoms with Gasteiger partial charge < -0.3 is 10.1 Å². The molecule has 0 saturated heterocycles. The van der Waals surface area contributed by atoms with E-state index in [-0.39, 0.29) is 5.75 Å². The number of carbonyl (C=O) groups excluding carboxylic acids is 1. The Labute approximate surface area is 117 Å². The van der Waals surface area contributed by atoms with Crippen molar-refractivity contribution in [2.75, 3.05) is 23.9 Å². The smallest absolute Gasteiger partial charge is 0.239 e. The number of rotatable bonds is 6. The zero-order valence-electron chi connectivity index (χ0n) is 10.8. The number of benzene rings is 1. The summed E-state index contributed by atoms with van der Waals surface area (Å²) < 4.78 is 28.0. The fourth-order valence-electron chi connectivity index (χ4n) is 1.52. The SMILES string of the molecule is CCCS(=O)(=O)CC(=O)Nc1ccc(OC)c(Cl)c1. The van der Waals surface area contributed by atoms with Gasteiger partial charge in [0.1, 0.15) is 11.5 Å². The van der Waals surface area contributed by atoms with Crippen LogP contribution in [0.5, 0.6) is 5.75 Å². The van der Waals surface area contributed by atoms with Crippen LogP contribution in [0.4, 0.5) is 5.69 Å². The molecule has 19 heavy (non-hydrogen) atoms. The van der Waals surface area contributed by atoms with Crippen LogP contribution in [-0.2, 0) is 14.6 Å². The van der Waals surface area contributed by atoms with Crippen LogP contribution in [0, 0.1) is 0 Å². The highest BCUT2D eigenvalue weighted by Crippen LogP contribution is 2.27. The summed E-state index contributed by atoms with van der Waals surface area (Å²) in [5.41, 5.74) is 0.433. The Morgan fingerprint density at radius 2 is 2.11 bits per heavy atom. The van der Waals surface area contributed by atoms with Crippen molar-refractivity contribution in [2.45, 2.75) is 13.3 Å². The topological polar surface area (TPSA) is 72.5 Å². The van der Waals surface area contributed by atoms with Gasteiger partial charge in [-0.3, -0.25) is 4.79 Å². The summed E-state index contributed by atoms with van der Waals surface area (Å²) in [4.78, 5) is 11.6. The molecule has 0 radical (unpaired) electrons. The largest absolute Gasteiger partial charge is 0.495 e. The van der Waals surface area contributed by atoms with Gasteiger partial charge in [0.2, 0.25) is 5.91 Å². The van der Waals surface area contributed by atoms with E-state index in [0.29, 0.717) is 22.9 Å². The molecule has 1 N–H and O–H groups in total. The molecule has 1 amide bonds. The number of ether oxygens (including phenoxy) is 1. The first kappa shape index (κ1) is 15.8. The number of nitrogens with one attached hydrogen (secondary N) is 1. The van der Waals surface area contributed by atoms with E-state index < -0.39 is 21.5 Å². The zero-order valence-corrected chi connectivity index (χ0v) is 12.3. The lowest BCUT2D eigenvalue weighted by atomic mass is 10.3. The van der Waals surface area contributed by atoms with Gasteiger partial charge in [0, 0.05) is 5.69 Å². The van der Waals surface area contributed by atoms with Gasteiger partial charge in [0.25, 0.3) is 0 Å². The highest BCUT2D eigenvalue weighted by molar-refractivity contribution is 7.92. The molecular formula is C12H16ClNO4S. The second kappa shape index (κ2) is 6.77. The predicted octanol–water partition coefficient (Wildman–Crippen LogP) is 2.11. The van der Waals surface area contributed by atoms with Gasteiger partial charge >= 0.3 is 0 Å². The van der Waals surface area contributed by atoms with Crippen molar-refractivity contribution in [3.8, 4) is 5.75 Å². The summed E-state index contributed by atoms with van der Waals surface area (Å²) >= 11 is 5.90. The van der Waals surface area contributed by atoms with Crippen molar-refractivity contribution in [1.29, 1.82) is 0 Å². The molecule has 0 aliphatic carbocycles. The lowest BCUT2D eigenvalue weighted by Gasteiger charge is -2.08. The fourth-order valence-corrected chi connectivity index (χ4v) is 3.02. The summed E-state index contributed by atoms with van der Waals surface area (Å²) in [5, 5.41) is 2.83. The Morgan fingerprint density at radius 3 is 2.63 bits per heavy atom. The molecule has 1 aromatic rings. The van der Waals surface area contributed by atoms with Crippen molar-refractivity contribution in [3.63, 3.8) is 0 Å². The third kappa shape index (κ3) is 5.08. The van der Waals surface area contributed by atoms with Crippen LogP contribution >= 0.6 is 11.6 Å². The van der Waals surface area contributed by atoms with E-state index in [4.69, 9.17) is 16.3 Å². The van der Waals surface area contributed by atoms with E-state index in [0.717, 1.165) is 0 Å². The van der Waals surface area contributed by atoms with Crippen molar-refractivity contribution in [2.24, 2.45) is 0 Å². The number of methoxy groups -OCH3 is 1. The average molecular weight is 306 g/mol. The van der Waals surface area contributed by atoms with E-state index in [1.807, 2.05) is 0 Å². The molecule has 0 aliphatic rings. The van der Waals surface area contributed by atoms with E-state index in [2.05, 4.69) is 5.32 Å².